The van der Waals surface area contributed by atoms with Gasteiger partial charge in [-0.2, -0.15) is 13.2 Å². The van der Waals surface area contributed by atoms with Gasteiger partial charge in [-0.3, -0.25) is 0 Å². The van der Waals surface area contributed by atoms with E-state index in [-0.39, 0.29) is 10.8 Å². The second-order valence-electron chi connectivity index (χ2n) is 31.5. The van der Waals surface area contributed by atoms with Gasteiger partial charge >= 0.3 is 6.18 Å². The first-order valence-corrected chi connectivity index (χ1v) is 39.0. The van der Waals surface area contributed by atoms with Crippen LogP contribution in [0.3, 0.4) is 0 Å². The van der Waals surface area contributed by atoms with Gasteiger partial charge in [0.15, 0.2) is 0 Å². The molecule has 496 valence electrons. The molecule has 7 aliphatic rings. The zero-order valence-corrected chi connectivity index (χ0v) is 58.0. The summed E-state index contributed by atoms with van der Waals surface area (Å²) in [6, 6.07) is 49.0. The first-order valence-electron chi connectivity index (χ1n) is 39.0. The zero-order chi connectivity index (χ0) is 63.2. The summed E-state index contributed by atoms with van der Waals surface area (Å²) in [6.07, 6.45) is 44.8. The van der Waals surface area contributed by atoms with Gasteiger partial charge < -0.3 is 0 Å². The smallest absolute Gasteiger partial charge is 0.171 e. The molecule has 0 nitrogen and oxygen atoms in total. The molecule has 0 atom stereocenters. The molecule has 0 unspecified atom stereocenters. The molecule has 0 heterocycles. The van der Waals surface area contributed by atoms with Crippen LogP contribution in [0.25, 0.3) is 0 Å². The van der Waals surface area contributed by atoms with Gasteiger partial charge in [0.25, 0.3) is 0 Å². The molecule has 7 aliphatic carbocycles. The third-order valence-electron chi connectivity index (χ3n) is 27.0. The molecule has 0 bridgehead atoms. The van der Waals surface area contributed by atoms with Gasteiger partial charge in [0, 0.05) is 10.8 Å². The molecular formula is C88H123F3. The highest BCUT2D eigenvalue weighted by molar-refractivity contribution is 5.53. The van der Waals surface area contributed by atoms with Gasteiger partial charge in [0.05, 0.1) is 5.92 Å². The molecule has 0 aliphatic heterocycles. The van der Waals surface area contributed by atoms with E-state index >= 15 is 0 Å². The lowest BCUT2D eigenvalue weighted by molar-refractivity contribution is -0.185. The van der Waals surface area contributed by atoms with E-state index < -0.39 is 12.1 Å². The summed E-state index contributed by atoms with van der Waals surface area (Å²) < 4.78 is 39.6. The van der Waals surface area contributed by atoms with Gasteiger partial charge in [-0.05, 0) is 288 Å². The van der Waals surface area contributed by atoms with Gasteiger partial charge in [-0.25, -0.2) is 0 Å². The highest BCUT2D eigenvalue weighted by Crippen LogP contribution is 2.58. The normalized spacial score (nSPS) is 27.6. The lowest BCUT2D eigenvalue weighted by Gasteiger charge is -2.52. The van der Waals surface area contributed by atoms with Crippen LogP contribution in [0.2, 0.25) is 0 Å². The summed E-state index contributed by atoms with van der Waals surface area (Å²) in [5.74, 6) is 7.86. The van der Waals surface area contributed by atoms with E-state index in [0.717, 1.165) is 106 Å². The topological polar surface area (TPSA) is 0 Å². The standard InChI is InChI=1S/C46H70.C42H53F3/c1-4-7-9-12-37-15-21-38(22-16-37)39-23-25-40(26-24-39)41-27-33-45(34-28-41)46(42-13-10-8-11-14-42,43-29-17-35(5-2)18-30-43)44-31-19-36(6-3)20-32-44;1-3-30-10-22-37(23-11-30)41(36-8-6-5-7-9-36,38-24-12-31(4-2)13-25-38)39-26-18-34(19-27-39)32-14-16-33(17-15-32)35-20-28-40(29-21-35)42(43,44)45/h17-20,29-32,37-42,45H,4-16,21-28,33-34H2,1-3H3;10-13,18-19,22-27,32-33,35-36,40H,3-9,14-17,20-21,28-29H2,1-2H3. The van der Waals surface area contributed by atoms with Crippen LogP contribution in [0.1, 0.15) is 314 Å². The Morgan fingerprint density at radius 3 is 0.967 bits per heavy atom. The van der Waals surface area contributed by atoms with Crippen LogP contribution in [-0.4, -0.2) is 6.18 Å². The summed E-state index contributed by atoms with van der Waals surface area (Å²) in [5, 5.41) is 0. The van der Waals surface area contributed by atoms with Crippen molar-refractivity contribution in [2.75, 3.05) is 0 Å². The van der Waals surface area contributed by atoms with E-state index in [0.29, 0.717) is 36.5 Å². The van der Waals surface area contributed by atoms with Crippen molar-refractivity contribution >= 4 is 0 Å². The summed E-state index contributed by atoms with van der Waals surface area (Å²) in [6.45, 7) is 11.4. The molecule has 0 radical (unpaired) electrons. The van der Waals surface area contributed by atoms with Gasteiger partial charge in [-0.15, -0.1) is 0 Å². The van der Waals surface area contributed by atoms with Crippen molar-refractivity contribution in [3.05, 3.63) is 177 Å². The average Bonchev–Trinajstić information content (AvgIpc) is 0.751. The van der Waals surface area contributed by atoms with E-state index in [2.05, 4.69) is 156 Å². The van der Waals surface area contributed by atoms with Crippen LogP contribution in [0.4, 0.5) is 13.2 Å². The minimum Gasteiger partial charge on any atom is -0.171 e. The third kappa shape index (κ3) is 15.9. The number of unbranched alkanes of at least 4 members (excludes halogenated alkanes) is 2. The van der Waals surface area contributed by atoms with Crippen LogP contribution in [-0.2, 0) is 36.5 Å². The minimum atomic E-state index is -4.01. The first kappa shape index (κ1) is 68.3. The van der Waals surface area contributed by atoms with Crippen molar-refractivity contribution in [3.63, 3.8) is 0 Å². The Morgan fingerprint density at radius 1 is 0.297 bits per heavy atom. The Hall–Kier alpha value is -4.11. The fourth-order valence-electron chi connectivity index (χ4n) is 21.4. The summed E-state index contributed by atoms with van der Waals surface area (Å²) in [7, 11) is 0. The molecule has 0 spiro atoms. The molecule has 91 heavy (non-hydrogen) atoms. The number of alkyl halides is 3. The average molecular weight is 1240 g/mol. The van der Waals surface area contributed by atoms with Crippen LogP contribution in [0.15, 0.2) is 121 Å². The predicted octanol–water partition coefficient (Wildman–Crippen LogP) is 26.0. The second-order valence-corrected chi connectivity index (χ2v) is 31.5. The molecule has 0 N–H and O–H groups in total. The van der Waals surface area contributed by atoms with E-state index in [9.17, 15) is 13.2 Å². The van der Waals surface area contributed by atoms with Gasteiger partial charge in [-0.1, -0.05) is 233 Å². The van der Waals surface area contributed by atoms with Gasteiger partial charge in [0.1, 0.15) is 0 Å². The predicted molar refractivity (Wildman–Crippen MR) is 380 cm³/mol. The highest BCUT2D eigenvalue weighted by atomic mass is 19.4. The number of halogens is 3. The van der Waals surface area contributed by atoms with Crippen molar-refractivity contribution in [2.45, 2.75) is 302 Å². The molecule has 5 aromatic carbocycles. The van der Waals surface area contributed by atoms with Crippen molar-refractivity contribution < 1.29 is 13.2 Å². The Morgan fingerprint density at radius 2 is 0.604 bits per heavy atom. The van der Waals surface area contributed by atoms with Crippen molar-refractivity contribution in [1.29, 1.82) is 0 Å². The zero-order valence-electron chi connectivity index (χ0n) is 58.0. The number of rotatable bonds is 20. The van der Waals surface area contributed by atoms with Crippen molar-refractivity contribution in [3.8, 4) is 0 Å². The number of benzene rings is 5. The summed E-state index contributed by atoms with van der Waals surface area (Å²) in [5.41, 5.74) is 14.7. The molecule has 5 aromatic rings. The minimum absolute atomic E-state index is 0.176. The molecule has 7 fully saturated rings. The lowest BCUT2D eigenvalue weighted by atomic mass is 9.52. The Balaban J connectivity index is 0.000000187. The lowest BCUT2D eigenvalue weighted by Crippen LogP contribution is -2.46. The second kappa shape index (κ2) is 32.6. The van der Waals surface area contributed by atoms with E-state index in [1.807, 2.05) is 0 Å². The monoisotopic (exact) mass is 1240 g/mol. The van der Waals surface area contributed by atoms with E-state index in [1.54, 1.807) is 62.5 Å². The molecule has 0 aromatic heterocycles. The van der Waals surface area contributed by atoms with Crippen molar-refractivity contribution in [1.82, 2.24) is 0 Å². The van der Waals surface area contributed by atoms with Crippen LogP contribution in [0.5, 0.6) is 0 Å². The molecule has 7 saturated carbocycles. The quantitative estimate of drug-likeness (QED) is 0.0538. The van der Waals surface area contributed by atoms with Crippen LogP contribution >= 0.6 is 0 Å². The highest BCUT2D eigenvalue weighted by Gasteiger charge is 2.50. The first-order chi connectivity index (χ1) is 44.5. The summed E-state index contributed by atoms with van der Waals surface area (Å²) in [4.78, 5) is 0. The maximum absolute atomic E-state index is 13.2. The number of hydrogen-bond acceptors (Lipinski definition) is 0. The van der Waals surface area contributed by atoms with Gasteiger partial charge in [0.2, 0.25) is 0 Å². The van der Waals surface area contributed by atoms with Crippen molar-refractivity contribution in [2.24, 2.45) is 65.1 Å². The largest absolute Gasteiger partial charge is 0.391 e. The Labute approximate surface area is 553 Å². The van der Waals surface area contributed by atoms with E-state index in [4.69, 9.17) is 0 Å². The fraction of sp³-hybridized carbons (Fsp3) is 0.659. The number of aryl methyl sites for hydroxylation is 4. The number of hydrogen-bond donors (Lipinski definition) is 0. The Kier molecular flexibility index (Phi) is 24.4. The molecule has 3 heteroatoms. The molecule has 0 amide bonds. The molecule has 0 saturated heterocycles. The molecular weight excluding hydrogens is 1110 g/mol. The fourth-order valence-corrected chi connectivity index (χ4v) is 21.4. The maximum Gasteiger partial charge on any atom is 0.391 e. The van der Waals surface area contributed by atoms with E-state index in [1.165, 1.54) is 160 Å². The maximum atomic E-state index is 13.2. The van der Waals surface area contributed by atoms with Crippen LogP contribution in [0, 0.1) is 65.1 Å². The van der Waals surface area contributed by atoms with Crippen LogP contribution < -0.4 is 0 Å². The summed E-state index contributed by atoms with van der Waals surface area (Å²) >= 11 is 0. The molecule has 12 rings (SSSR count). The SMILES string of the molecule is CCCCCC1CCC(C2CCC(C3CCC(C(c4ccc(CC)cc4)(c4ccc(CC)cc4)C4CCCCC4)CC3)CC2)CC1.CCc1ccc(C(c2ccc(CC)cc2)(c2ccc(C3CCC(C4CCC(C(F)(F)F)CC4)CC3)cc2)C2CCCCC2)cc1. The third-order valence-corrected chi connectivity index (χ3v) is 27.0. The Bertz CT molecular complexity index is 2760.